The van der Waals surface area contributed by atoms with Crippen molar-refractivity contribution in [3.05, 3.63) is 45.8 Å². The zero-order chi connectivity index (χ0) is 8.43. The monoisotopic (exact) mass is 170 g/mol. The number of nitro benzene ring substituents is 1. The van der Waals surface area contributed by atoms with Crippen molar-refractivity contribution in [1.82, 2.24) is 0 Å². The summed E-state index contributed by atoms with van der Waals surface area (Å²) < 4.78 is 0. The van der Waals surface area contributed by atoms with E-state index in [0.29, 0.717) is 5.56 Å². The molecule has 0 saturated heterocycles. The second kappa shape index (κ2) is 2.88. The lowest BCUT2D eigenvalue weighted by Crippen LogP contribution is -1.91. The van der Waals surface area contributed by atoms with Crippen LogP contribution in [0.1, 0.15) is 5.56 Å². The van der Waals surface area contributed by atoms with Crippen molar-refractivity contribution >= 4 is 17.3 Å². The minimum atomic E-state index is -0.537. The summed E-state index contributed by atoms with van der Waals surface area (Å²) in [7, 11) is 0. The summed E-state index contributed by atoms with van der Waals surface area (Å²) >= 11 is 5.54. The van der Waals surface area contributed by atoms with Gasteiger partial charge in [0.15, 0.2) is 0 Å². The number of hydrogen-bond donors (Lipinski definition) is 0. The Balaban J connectivity index is 3.32. The van der Waals surface area contributed by atoms with Crippen LogP contribution in [0.2, 0.25) is 5.02 Å². The first-order valence-electron chi connectivity index (χ1n) is 2.88. The maximum Gasteiger partial charge on any atom is 0.291 e. The highest BCUT2D eigenvalue weighted by Gasteiger charge is 2.13. The molecule has 0 spiro atoms. The van der Waals surface area contributed by atoms with Gasteiger partial charge in [-0.2, -0.15) is 0 Å². The summed E-state index contributed by atoms with van der Waals surface area (Å²) in [4.78, 5) is 9.79. The van der Waals surface area contributed by atoms with E-state index in [1.165, 1.54) is 6.07 Å². The van der Waals surface area contributed by atoms with Crippen LogP contribution in [0.5, 0.6) is 0 Å². The van der Waals surface area contributed by atoms with Crippen LogP contribution >= 0.6 is 11.6 Å². The molecule has 1 rings (SSSR count). The highest BCUT2D eigenvalue weighted by atomic mass is 35.5. The predicted octanol–water partition coefficient (Wildman–Crippen LogP) is 2.43. The fourth-order valence-electron chi connectivity index (χ4n) is 0.764. The number of halogens is 1. The summed E-state index contributed by atoms with van der Waals surface area (Å²) in [6.45, 7) is 3.48. The smallest absolute Gasteiger partial charge is 0.258 e. The van der Waals surface area contributed by atoms with Gasteiger partial charge >= 0.3 is 0 Å². The van der Waals surface area contributed by atoms with Crippen LogP contribution in [-0.4, -0.2) is 4.92 Å². The van der Waals surface area contributed by atoms with Gasteiger partial charge in [0.2, 0.25) is 0 Å². The van der Waals surface area contributed by atoms with Crippen molar-refractivity contribution in [3.63, 3.8) is 0 Å². The van der Waals surface area contributed by atoms with Crippen LogP contribution < -0.4 is 0 Å². The first kappa shape index (κ1) is 8.01. The van der Waals surface area contributed by atoms with E-state index in [9.17, 15) is 10.1 Å². The maximum atomic E-state index is 10.3. The number of nitro groups is 1. The molecule has 11 heavy (non-hydrogen) atoms. The van der Waals surface area contributed by atoms with E-state index in [-0.39, 0.29) is 10.7 Å². The van der Waals surface area contributed by atoms with Crippen LogP contribution in [0.15, 0.2) is 18.2 Å². The van der Waals surface area contributed by atoms with Gasteiger partial charge in [-0.1, -0.05) is 23.7 Å². The molecule has 1 aromatic carbocycles. The fourth-order valence-corrected chi connectivity index (χ4v) is 1.03. The SMILES string of the molecule is [CH2]c1cccc(Cl)c1[N+](=O)[O-]. The molecule has 0 atom stereocenters. The van der Waals surface area contributed by atoms with E-state index in [2.05, 4.69) is 6.92 Å². The Morgan fingerprint density at radius 3 is 2.55 bits per heavy atom. The molecular weight excluding hydrogens is 166 g/mol. The Morgan fingerprint density at radius 1 is 1.55 bits per heavy atom. The number of nitrogens with zero attached hydrogens (tertiary/aromatic N) is 1. The van der Waals surface area contributed by atoms with Crippen LogP contribution in [0.3, 0.4) is 0 Å². The first-order chi connectivity index (χ1) is 5.13. The summed E-state index contributed by atoms with van der Waals surface area (Å²) in [6, 6.07) is 4.63. The Labute approximate surface area is 68.8 Å². The van der Waals surface area contributed by atoms with Gasteiger partial charge in [-0.15, -0.1) is 0 Å². The third-order valence-electron chi connectivity index (χ3n) is 1.25. The second-order valence-electron chi connectivity index (χ2n) is 2.00. The quantitative estimate of drug-likeness (QED) is 0.480. The lowest BCUT2D eigenvalue weighted by atomic mass is 10.2. The van der Waals surface area contributed by atoms with E-state index in [1.54, 1.807) is 12.1 Å². The van der Waals surface area contributed by atoms with Gasteiger partial charge in [0.1, 0.15) is 5.02 Å². The molecule has 0 aliphatic carbocycles. The number of benzene rings is 1. The van der Waals surface area contributed by atoms with Gasteiger partial charge in [0.05, 0.1) is 4.92 Å². The highest BCUT2D eigenvalue weighted by molar-refractivity contribution is 6.32. The second-order valence-corrected chi connectivity index (χ2v) is 2.41. The van der Waals surface area contributed by atoms with Gasteiger partial charge in [-0.25, -0.2) is 0 Å². The molecule has 57 valence electrons. The molecule has 0 saturated carbocycles. The minimum absolute atomic E-state index is 0.117. The molecule has 4 heteroatoms. The van der Waals surface area contributed by atoms with Crippen LogP contribution in [0.4, 0.5) is 5.69 Å². The van der Waals surface area contributed by atoms with Crippen molar-refractivity contribution in [1.29, 1.82) is 0 Å². The highest BCUT2D eigenvalue weighted by Crippen LogP contribution is 2.26. The lowest BCUT2D eigenvalue weighted by molar-refractivity contribution is -0.385. The number of hydrogen-bond acceptors (Lipinski definition) is 2. The lowest BCUT2D eigenvalue weighted by Gasteiger charge is -1.96. The Kier molecular flexibility index (Phi) is 2.10. The van der Waals surface area contributed by atoms with Gasteiger partial charge in [0.25, 0.3) is 5.69 Å². The first-order valence-corrected chi connectivity index (χ1v) is 3.25. The van der Waals surface area contributed by atoms with E-state index < -0.39 is 4.92 Å². The predicted molar refractivity (Wildman–Crippen MR) is 42.6 cm³/mol. The van der Waals surface area contributed by atoms with Gasteiger partial charge in [-0.3, -0.25) is 10.1 Å². The van der Waals surface area contributed by atoms with Gasteiger partial charge < -0.3 is 0 Å². The molecule has 0 fully saturated rings. The summed E-state index contributed by atoms with van der Waals surface area (Å²) in [5, 5.41) is 10.5. The van der Waals surface area contributed by atoms with E-state index in [4.69, 9.17) is 11.6 Å². The molecule has 0 unspecified atom stereocenters. The number of para-hydroxylation sites is 1. The third-order valence-corrected chi connectivity index (χ3v) is 1.56. The van der Waals surface area contributed by atoms with Crippen molar-refractivity contribution in [2.45, 2.75) is 0 Å². The molecule has 0 amide bonds. The molecule has 0 heterocycles. The fraction of sp³-hybridized carbons (Fsp3) is 0. The molecule has 0 bridgehead atoms. The molecular formula is C7H5ClNO2. The van der Waals surface area contributed by atoms with E-state index in [0.717, 1.165) is 0 Å². The molecule has 0 N–H and O–H groups in total. The van der Waals surface area contributed by atoms with Crippen molar-refractivity contribution in [2.75, 3.05) is 0 Å². The largest absolute Gasteiger partial charge is 0.291 e. The number of rotatable bonds is 1. The molecule has 0 aliphatic rings. The van der Waals surface area contributed by atoms with Gasteiger partial charge in [0, 0.05) is 5.56 Å². The third kappa shape index (κ3) is 1.49. The molecule has 3 nitrogen and oxygen atoms in total. The normalized spacial score (nSPS) is 9.64. The average molecular weight is 171 g/mol. The van der Waals surface area contributed by atoms with E-state index in [1.807, 2.05) is 0 Å². The summed E-state index contributed by atoms with van der Waals surface area (Å²) in [5.41, 5.74) is 0.219. The average Bonchev–Trinajstić information content (AvgIpc) is 1.85. The van der Waals surface area contributed by atoms with E-state index >= 15 is 0 Å². The molecule has 0 aromatic heterocycles. The Hall–Kier alpha value is -1.09. The Morgan fingerprint density at radius 2 is 2.18 bits per heavy atom. The molecule has 0 aliphatic heterocycles. The summed E-state index contributed by atoms with van der Waals surface area (Å²) in [5.74, 6) is 0. The van der Waals surface area contributed by atoms with Crippen LogP contribution in [-0.2, 0) is 0 Å². The molecule has 1 radical (unpaired) electrons. The topological polar surface area (TPSA) is 43.1 Å². The zero-order valence-corrected chi connectivity index (χ0v) is 6.34. The molecule has 1 aromatic rings. The van der Waals surface area contributed by atoms with Crippen molar-refractivity contribution in [2.24, 2.45) is 0 Å². The van der Waals surface area contributed by atoms with Crippen LogP contribution in [0, 0.1) is 17.0 Å². The minimum Gasteiger partial charge on any atom is -0.258 e. The zero-order valence-electron chi connectivity index (χ0n) is 5.58. The summed E-state index contributed by atoms with van der Waals surface area (Å²) in [6.07, 6.45) is 0. The standard InChI is InChI=1S/C7H5ClNO2/c1-5-3-2-4-6(8)7(5)9(10)11/h2-4H,1H2. The van der Waals surface area contributed by atoms with Crippen LogP contribution in [0.25, 0.3) is 0 Å². The van der Waals surface area contributed by atoms with Gasteiger partial charge in [-0.05, 0) is 13.0 Å². The Bertz CT molecular complexity index is 278. The van der Waals surface area contributed by atoms with Crippen molar-refractivity contribution < 1.29 is 4.92 Å². The maximum absolute atomic E-state index is 10.3. The van der Waals surface area contributed by atoms with Crippen molar-refractivity contribution in [3.8, 4) is 0 Å².